The van der Waals surface area contributed by atoms with Crippen LogP contribution in [0, 0.1) is 0 Å². The van der Waals surface area contributed by atoms with Crippen molar-refractivity contribution < 1.29 is 14.3 Å². The van der Waals surface area contributed by atoms with Crippen LogP contribution in [0.5, 0.6) is 0 Å². The minimum Gasteiger partial charge on any atom is -0.381 e. The van der Waals surface area contributed by atoms with E-state index in [-0.39, 0.29) is 0 Å². The highest BCUT2D eigenvalue weighted by Gasteiger charge is 2.18. The molecule has 1 aliphatic rings. The molecule has 0 aliphatic carbocycles. The molecule has 0 saturated carbocycles. The molecule has 0 unspecified atom stereocenters. The Kier molecular flexibility index (Phi) is 21.9. The molecule has 2 aromatic rings. The van der Waals surface area contributed by atoms with E-state index in [2.05, 4.69) is 50.1 Å². The molecule has 12 heteroatoms. The van der Waals surface area contributed by atoms with Crippen molar-refractivity contribution in [3.05, 3.63) is 55.0 Å². The van der Waals surface area contributed by atoms with Gasteiger partial charge in [0.25, 0.3) is 0 Å². The number of nitrogens with one attached hydrogen (secondary N) is 4. The Morgan fingerprint density at radius 2 is 1.78 bits per heavy atom. The third-order valence-corrected chi connectivity index (χ3v) is 5.31. The van der Waals surface area contributed by atoms with Gasteiger partial charge in [-0.25, -0.2) is 15.0 Å². The smallest absolute Gasteiger partial charge is 0.172 e. The van der Waals surface area contributed by atoms with Gasteiger partial charge in [0.1, 0.15) is 23.6 Å². The molecular weight excluding hydrogens is 522 g/mol. The lowest BCUT2D eigenvalue weighted by Crippen LogP contribution is -2.29. The number of likely N-dealkylation sites (N-methyl/N-ethyl adjacent to an activating group) is 2. The number of hydrogen-bond acceptors (Lipinski definition) is 12. The summed E-state index contributed by atoms with van der Waals surface area (Å²) in [6.45, 7) is 12.3. The van der Waals surface area contributed by atoms with Gasteiger partial charge in [0.15, 0.2) is 12.1 Å². The maximum Gasteiger partial charge on any atom is 0.172 e. The second kappa shape index (κ2) is 24.1. The predicted octanol–water partition coefficient (Wildman–Crippen LogP) is 2.89. The summed E-state index contributed by atoms with van der Waals surface area (Å²) in [6.07, 6.45) is 9.14. The molecule has 41 heavy (non-hydrogen) atoms. The maximum absolute atomic E-state index is 11.6. The molecule has 3 rings (SSSR count). The summed E-state index contributed by atoms with van der Waals surface area (Å²) in [7, 11) is 7.11. The summed E-state index contributed by atoms with van der Waals surface area (Å²) in [5.41, 5.74) is 6.36. The van der Waals surface area contributed by atoms with Crippen LogP contribution >= 0.6 is 0 Å². The van der Waals surface area contributed by atoms with Crippen LogP contribution in [0.4, 0.5) is 23.1 Å². The Morgan fingerprint density at radius 1 is 1.10 bits per heavy atom. The highest BCUT2D eigenvalue weighted by molar-refractivity contribution is 5.82. The van der Waals surface area contributed by atoms with Gasteiger partial charge in [-0.3, -0.25) is 4.79 Å². The number of rotatable bonds is 13. The Balaban J connectivity index is 0.00000113. The van der Waals surface area contributed by atoms with Gasteiger partial charge < -0.3 is 41.4 Å². The van der Waals surface area contributed by atoms with Gasteiger partial charge in [0, 0.05) is 50.3 Å². The molecule has 0 atom stereocenters. The third kappa shape index (κ3) is 16.2. The van der Waals surface area contributed by atoms with Crippen molar-refractivity contribution in [2.24, 2.45) is 5.73 Å². The molecule has 0 radical (unpaired) electrons. The van der Waals surface area contributed by atoms with Gasteiger partial charge in [-0.2, -0.15) is 0 Å². The Bertz CT molecular complexity index is 1010. The fraction of sp³-hybridized carbons (Fsp3) is 0.483. The molecule has 12 nitrogen and oxygen atoms in total. The number of allylic oxidation sites excluding steroid dienone is 2. The zero-order valence-corrected chi connectivity index (χ0v) is 25.3. The minimum atomic E-state index is 0.292. The van der Waals surface area contributed by atoms with Gasteiger partial charge in [0.2, 0.25) is 0 Å². The number of aldehydes is 2. The molecule has 1 aliphatic heterocycles. The van der Waals surface area contributed by atoms with Gasteiger partial charge >= 0.3 is 0 Å². The summed E-state index contributed by atoms with van der Waals surface area (Å²) in [6, 6.07) is 4.01. The van der Waals surface area contributed by atoms with E-state index >= 15 is 0 Å². The van der Waals surface area contributed by atoms with Crippen molar-refractivity contribution in [3.63, 3.8) is 0 Å². The molecule has 228 valence electrons. The number of anilines is 4. The van der Waals surface area contributed by atoms with Gasteiger partial charge in [-0.1, -0.05) is 32.2 Å². The third-order valence-electron chi connectivity index (χ3n) is 5.31. The number of carbonyl (C=O) groups excluding carboxylic acids is 2. The quantitative estimate of drug-likeness (QED) is 0.136. The predicted molar refractivity (Wildman–Crippen MR) is 169 cm³/mol. The molecule has 1 saturated heterocycles. The molecule has 2 aromatic heterocycles. The van der Waals surface area contributed by atoms with Gasteiger partial charge in [-0.05, 0) is 53.5 Å². The largest absolute Gasteiger partial charge is 0.381 e. The van der Waals surface area contributed by atoms with Crippen molar-refractivity contribution in [1.29, 1.82) is 0 Å². The first-order valence-corrected chi connectivity index (χ1v) is 13.6. The maximum atomic E-state index is 11.6. The Hall–Kier alpha value is -3.71. The first-order valence-electron chi connectivity index (χ1n) is 13.6. The van der Waals surface area contributed by atoms with E-state index in [9.17, 15) is 9.59 Å². The fourth-order valence-corrected chi connectivity index (χ4v) is 3.26. The van der Waals surface area contributed by atoms with E-state index in [4.69, 9.17) is 9.72 Å². The SMILES string of the molecule is C=CC=C.CCc1nc(C=O)c(Nc2ccnc(NCCNC)c2)nc1NC1CCOCC1.CN.CN(C)CC=O. The fourth-order valence-electron chi connectivity index (χ4n) is 3.26. The molecule has 0 amide bonds. The van der Waals surface area contributed by atoms with Crippen molar-refractivity contribution in [2.45, 2.75) is 32.2 Å². The molecule has 6 N–H and O–H groups in total. The topological polar surface area (TPSA) is 159 Å². The number of pyridine rings is 1. The van der Waals surface area contributed by atoms with Crippen LogP contribution in [0.2, 0.25) is 0 Å². The van der Waals surface area contributed by atoms with E-state index < -0.39 is 0 Å². The number of carbonyl (C=O) groups is 2. The van der Waals surface area contributed by atoms with Crippen LogP contribution in [-0.4, -0.2) is 99.5 Å². The first kappa shape index (κ1) is 37.3. The second-order valence-electron chi connectivity index (χ2n) is 8.74. The van der Waals surface area contributed by atoms with Crippen molar-refractivity contribution in [3.8, 4) is 0 Å². The van der Waals surface area contributed by atoms with Crippen LogP contribution in [0.3, 0.4) is 0 Å². The lowest BCUT2D eigenvalue weighted by atomic mass is 10.1. The van der Waals surface area contributed by atoms with E-state index in [1.807, 2.05) is 45.1 Å². The normalized spacial score (nSPS) is 12.2. The van der Waals surface area contributed by atoms with E-state index in [0.29, 0.717) is 36.3 Å². The lowest BCUT2D eigenvalue weighted by Gasteiger charge is -2.25. The van der Waals surface area contributed by atoms with Crippen LogP contribution in [0.1, 0.15) is 35.9 Å². The monoisotopic (exact) mass is 571 g/mol. The van der Waals surface area contributed by atoms with Crippen molar-refractivity contribution in [1.82, 2.24) is 25.2 Å². The van der Waals surface area contributed by atoms with Crippen LogP contribution < -0.4 is 27.0 Å². The molecule has 0 bridgehead atoms. The summed E-state index contributed by atoms with van der Waals surface area (Å²) >= 11 is 0. The van der Waals surface area contributed by atoms with Crippen molar-refractivity contribution in [2.75, 3.05) is 77.0 Å². The number of aromatic nitrogens is 3. The number of nitrogens with two attached hydrogens (primary N) is 1. The zero-order chi connectivity index (χ0) is 30.9. The number of hydrogen-bond donors (Lipinski definition) is 5. The summed E-state index contributed by atoms with van der Waals surface area (Å²) in [4.78, 5) is 36.5. The van der Waals surface area contributed by atoms with E-state index in [1.165, 1.54) is 7.05 Å². The van der Waals surface area contributed by atoms with Crippen molar-refractivity contribution >= 4 is 35.7 Å². The highest BCUT2D eigenvalue weighted by atomic mass is 16.5. The molecule has 3 heterocycles. The first-order chi connectivity index (χ1) is 19.9. The lowest BCUT2D eigenvalue weighted by molar-refractivity contribution is -0.108. The summed E-state index contributed by atoms with van der Waals surface area (Å²) < 4.78 is 5.43. The average molecular weight is 572 g/mol. The molecular formula is C29H49N9O3. The zero-order valence-electron chi connectivity index (χ0n) is 25.3. The van der Waals surface area contributed by atoms with Crippen LogP contribution in [0.25, 0.3) is 0 Å². The van der Waals surface area contributed by atoms with Gasteiger partial charge in [0.05, 0.1) is 12.2 Å². The molecule has 1 fully saturated rings. The minimum absolute atomic E-state index is 0.292. The van der Waals surface area contributed by atoms with Crippen LogP contribution in [-0.2, 0) is 16.0 Å². The van der Waals surface area contributed by atoms with Crippen LogP contribution in [0.15, 0.2) is 43.6 Å². The van der Waals surface area contributed by atoms with E-state index in [0.717, 1.165) is 68.9 Å². The molecule has 0 aromatic carbocycles. The highest BCUT2D eigenvalue weighted by Crippen LogP contribution is 2.24. The Labute approximate surface area is 245 Å². The average Bonchev–Trinajstić information content (AvgIpc) is 2.99. The second-order valence-corrected chi connectivity index (χ2v) is 8.74. The number of aryl methyl sites for hydroxylation is 1. The van der Waals surface area contributed by atoms with E-state index in [1.54, 1.807) is 18.3 Å². The van der Waals surface area contributed by atoms with Gasteiger partial charge in [-0.15, -0.1) is 0 Å². The number of ether oxygens (including phenoxy) is 1. The summed E-state index contributed by atoms with van der Waals surface area (Å²) in [5.74, 6) is 1.89. The summed E-state index contributed by atoms with van der Waals surface area (Å²) in [5, 5.41) is 13.0. The Morgan fingerprint density at radius 3 is 2.29 bits per heavy atom. The number of nitrogens with zero attached hydrogens (tertiary/aromatic N) is 4. The standard InChI is InChI=1S/C20H29N7O2.C4H9NO.C4H6.CH5N/c1-3-16-19(24-14-5-10-29-11-6-14)27-20(17(13-28)26-16)25-15-4-7-22-18(12-15)23-9-8-21-2;1-5(2)3-4-6;1-3-4-2;1-2/h4,7,12-14,21H,3,5-6,8-11H2,1-2H3,(H3,22,23,24,25,27);4H,3H2,1-2H3;3-4H,1-2H2;2H2,1H3. The molecule has 0 spiro atoms.